The van der Waals surface area contributed by atoms with Crippen molar-refractivity contribution in [3.63, 3.8) is 0 Å². The molecular formula is C27H22INO2. The summed E-state index contributed by atoms with van der Waals surface area (Å²) in [7, 11) is 3.33. The highest BCUT2D eigenvalue weighted by molar-refractivity contribution is 14.1. The average molecular weight is 519 g/mol. The second kappa shape index (κ2) is 7.68. The summed E-state index contributed by atoms with van der Waals surface area (Å²) < 4.78 is 12.3. The fourth-order valence-electron chi connectivity index (χ4n) is 4.31. The molecular weight excluding hydrogens is 497 g/mol. The van der Waals surface area contributed by atoms with Crippen LogP contribution in [0.3, 0.4) is 0 Å². The zero-order valence-corrected chi connectivity index (χ0v) is 20.1. The van der Waals surface area contributed by atoms with E-state index in [4.69, 9.17) is 14.5 Å². The van der Waals surface area contributed by atoms with Crippen molar-refractivity contribution in [1.29, 1.82) is 0 Å². The summed E-state index contributed by atoms with van der Waals surface area (Å²) in [5, 5.41) is 5.73. The lowest BCUT2D eigenvalue weighted by molar-refractivity contribution is 0.356. The van der Waals surface area contributed by atoms with Gasteiger partial charge in [0, 0.05) is 26.1 Å². The molecule has 4 aromatic carbocycles. The van der Waals surface area contributed by atoms with Gasteiger partial charge in [-0.05, 0) is 70.3 Å². The minimum atomic E-state index is 0.710. The molecule has 5 rings (SSSR count). The fourth-order valence-corrected chi connectivity index (χ4v) is 5.32. The van der Waals surface area contributed by atoms with Crippen molar-refractivity contribution in [2.24, 2.45) is 0 Å². The molecule has 0 aliphatic rings. The summed E-state index contributed by atoms with van der Waals surface area (Å²) in [4.78, 5) is 4.91. The molecule has 154 valence electrons. The van der Waals surface area contributed by atoms with E-state index in [9.17, 15) is 0 Å². The summed E-state index contributed by atoms with van der Waals surface area (Å²) in [6, 6.07) is 19.5. The highest BCUT2D eigenvalue weighted by Crippen LogP contribution is 2.43. The minimum Gasteiger partial charge on any atom is -0.493 e. The molecule has 0 unspecified atom stereocenters. The van der Waals surface area contributed by atoms with E-state index in [1.165, 1.54) is 33.0 Å². The molecule has 1 aromatic heterocycles. The molecule has 0 N–H and O–H groups in total. The number of fused-ring (bicyclic) bond motifs is 5. The van der Waals surface area contributed by atoms with E-state index in [-0.39, 0.29) is 0 Å². The molecule has 4 heteroatoms. The van der Waals surface area contributed by atoms with E-state index in [2.05, 4.69) is 85.0 Å². The van der Waals surface area contributed by atoms with Crippen LogP contribution >= 0.6 is 22.6 Å². The number of aryl methyl sites for hydroxylation is 2. The quantitative estimate of drug-likeness (QED) is 0.183. The molecule has 0 spiro atoms. The number of hydrogen-bond donors (Lipinski definition) is 0. The SMILES string of the molecule is COc1cc2cnc3c(I)c(-c4ccc(C)cc4)c4cc(C)ccc4c3c2cc1OC. The van der Waals surface area contributed by atoms with Gasteiger partial charge in [0.1, 0.15) is 0 Å². The van der Waals surface area contributed by atoms with Crippen molar-refractivity contribution >= 4 is 55.0 Å². The first-order valence-corrected chi connectivity index (χ1v) is 11.2. The molecule has 0 atom stereocenters. The van der Waals surface area contributed by atoms with Crippen molar-refractivity contribution < 1.29 is 9.47 Å². The van der Waals surface area contributed by atoms with Gasteiger partial charge in [-0.1, -0.05) is 53.6 Å². The molecule has 0 radical (unpaired) electrons. The number of rotatable bonds is 3. The van der Waals surface area contributed by atoms with Crippen LogP contribution in [-0.4, -0.2) is 19.2 Å². The number of halogens is 1. The van der Waals surface area contributed by atoms with Crippen molar-refractivity contribution in [3.05, 3.63) is 75.5 Å². The Balaban J connectivity index is 1.99. The Bertz CT molecular complexity index is 1470. The number of hydrogen-bond acceptors (Lipinski definition) is 3. The van der Waals surface area contributed by atoms with Gasteiger partial charge in [-0.2, -0.15) is 0 Å². The molecule has 0 amide bonds. The number of benzene rings is 4. The van der Waals surface area contributed by atoms with Gasteiger partial charge in [0.25, 0.3) is 0 Å². The van der Waals surface area contributed by atoms with Gasteiger partial charge < -0.3 is 9.47 Å². The van der Waals surface area contributed by atoms with E-state index in [1.54, 1.807) is 14.2 Å². The normalized spacial score (nSPS) is 11.4. The van der Waals surface area contributed by atoms with E-state index in [0.717, 1.165) is 31.0 Å². The molecule has 0 saturated carbocycles. The van der Waals surface area contributed by atoms with Crippen LogP contribution in [0.2, 0.25) is 0 Å². The van der Waals surface area contributed by atoms with Gasteiger partial charge in [0.05, 0.1) is 19.7 Å². The summed E-state index contributed by atoms with van der Waals surface area (Å²) in [6.07, 6.45) is 1.93. The zero-order valence-electron chi connectivity index (χ0n) is 17.9. The molecule has 0 aliphatic carbocycles. The molecule has 5 aromatic rings. The summed E-state index contributed by atoms with van der Waals surface area (Å²) in [5.74, 6) is 1.43. The van der Waals surface area contributed by atoms with E-state index in [0.29, 0.717) is 5.75 Å². The summed E-state index contributed by atoms with van der Waals surface area (Å²) in [6.45, 7) is 4.26. The van der Waals surface area contributed by atoms with Gasteiger partial charge >= 0.3 is 0 Å². The van der Waals surface area contributed by atoms with E-state index in [1.807, 2.05) is 12.3 Å². The highest BCUT2D eigenvalue weighted by Gasteiger charge is 2.18. The van der Waals surface area contributed by atoms with Crippen LogP contribution in [0.15, 0.2) is 60.8 Å². The Labute approximate surface area is 195 Å². The number of nitrogens with zero attached hydrogens (tertiary/aromatic N) is 1. The first kappa shape index (κ1) is 20.1. The van der Waals surface area contributed by atoms with Crippen LogP contribution < -0.4 is 9.47 Å². The Morgan fingerprint density at radius 2 is 1.42 bits per heavy atom. The third kappa shape index (κ3) is 3.21. The Morgan fingerprint density at radius 1 is 0.742 bits per heavy atom. The molecule has 3 nitrogen and oxygen atoms in total. The Morgan fingerprint density at radius 3 is 2.13 bits per heavy atom. The zero-order chi connectivity index (χ0) is 21.7. The van der Waals surface area contributed by atoms with Gasteiger partial charge in [-0.3, -0.25) is 4.98 Å². The third-order valence-corrected chi connectivity index (χ3v) is 6.93. The Hall–Kier alpha value is -2.86. The van der Waals surface area contributed by atoms with Crippen LogP contribution in [0, 0.1) is 17.4 Å². The van der Waals surface area contributed by atoms with Crippen molar-refractivity contribution in [2.45, 2.75) is 13.8 Å². The lowest BCUT2D eigenvalue weighted by atomic mass is 9.91. The van der Waals surface area contributed by atoms with Gasteiger partial charge in [0.2, 0.25) is 0 Å². The fraction of sp³-hybridized carbons (Fsp3) is 0.148. The smallest absolute Gasteiger partial charge is 0.161 e. The Kier molecular flexibility index (Phi) is 4.97. The molecule has 0 bridgehead atoms. The first-order chi connectivity index (χ1) is 15.0. The second-order valence-electron chi connectivity index (χ2n) is 7.88. The predicted octanol–water partition coefficient (Wildman–Crippen LogP) is 7.45. The summed E-state index contributed by atoms with van der Waals surface area (Å²) >= 11 is 2.46. The van der Waals surface area contributed by atoms with E-state index >= 15 is 0 Å². The molecule has 1 heterocycles. The first-order valence-electron chi connectivity index (χ1n) is 10.1. The maximum Gasteiger partial charge on any atom is 0.161 e. The number of pyridine rings is 1. The maximum atomic E-state index is 5.61. The number of methoxy groups -OCH3 is 2. The topological polar surface area (TPSA) is 31.4 Å². The van der Waals surface area contributed by atoms with Crippen molar-refractivity contribution in [2.75, 3.05) is 14.2 Å². The van der Waals surface area contributed by atoms with E-state index < -0.39 is 0 Å². The van der Waals surface area contributed by atoms with Crippen LogP contribution in [0.5, 0.6) is 11.5 Å². The van der Waals surface area contributed by atoms with Gasteiger partial charge in [-0.25, -0.2) is 0 Å². The second-order valence-corrected chi connectivity index (χ2v) is 8.96. The van der Waals surface area contributed by atoms with Crippen molar-refractivity contribution in [3.8, 4) is 22.6 Å². The standard InChI is InChI=1S/C27H22INO2/c1-15-5-8-17(9-6-15)24-21-11-16(2)7-10-19(21)25-20-13-23(31-4)22(30-3)12-18(20)14-29-27(25)26(24)28/h5-14H,1-4H3. The van der Waals surface area contributed by atoms with Gasteiger partial charge in [0.15, 0.2) is 11.5 Å². The molecule has 31 heavy (non-hydrogen) atoms. The van der Waals surface area contributed by atoms with Gasteiger partial charge in [-0.15, -0.1) is 0 Å². The molecule has 0 fully saturated rings. The number of aromatic nitrogens is 1. The lowest BCUT2D eigenvalue weighted by Crippen LogP contribution is -1.95. The summed E-state index contributed by atoms with van der Waals surface area (Å²) in [5.41, 5.74) is 5.95. The average Bonchev–Trinajstić information content (AvgIpc) is 2.78. The van der Waals surface area contributed by atoms with Crippen LogP contribution in [0.1, 0.15) is 11.1 Å². The molecule has 0 aliphatic heterocycles. The van der Waals surface area contributed by atoms with Crippen LogP contribution in [-0.2, 0) is 0 Å². The highest BCUT2D eigenvalue weighted by atomic mass is 127. The largest absolute Gasteiger partial charge is 0.493 e. The van der Waals surface area contributed by atoms with Crippen LogP contribution in [0.25, 0.3) is 43.6 Å². The van der Waals surface area contributed by atoms with Crippen LogP contribution in [0.4, 0.5) is 0 Å². The molecule has 0 saturated heterocycles. The predicted molar refractivity (Wildman–Crippen MR) is 137 cm³/mol. The minimum absolute atomic E-state index is 0.710. The maximum absolute atomic E-state index is 5.61. The lowest BCUT2D eigenvalue weighted by Gasteiger charge is -2.17. The van der Waals surface area contributed by atoms with Crippen molar-refractivity contribution in [1.82, 2.24) is 4.98 Å². The monoisotopic (exact) mass is 519 g/mol. The number of ether oxygens (including phenoxy) is 2. The third-order valence-electron chi connectivity index (χ3n) is 5.88.